The number of halogens is 1. The number of carbonyl (C=O) groups is 2. The van der Waals surface area contributed by atoms with E-state index in [4.69, 9.17) is 9.15 Å². The summed E-state index contributed by atoms with van der Waals surface area (Å²) in [6.07, 6.45) is 2.72. The number of methoxy groups -OCH3 is 1. The average Bonchev–Trinajstić information content (AvgIpc) is 3.33. The molecule has 7 heteroatoms. The maximum absolute atomic E-state index is 13.5. The average molecular weight is 498 g/mol. The largest absolute Gasteiger partial charge is 0.503 e. The molecule has 1 aliphatic heterocycles. The Labute approximate surface area is 194 Å². The molecule has 0 spiro atoms. The van der Waals surface area contributed by atoms with E-state index in [1.165, 1.54) is 0 Å². The van der Waals surface area contributed by atoms with E-state index in [9.17, 15) is 14.7 Å². The standard InChI is InChI=1S/C25H24BrNO5/c1-3-4-5-12-27-22(15-6-9-18(31-2)10-7-15)21(24(29)25(27)30)23(28)20-14-16-13-17(26)8-11-19(16)32-20/h6-11,13-14,22,29H,3-5,12H2,1-2H3. The first-order valence-corrected chi connectivity index (χ1v) is 11.4. The van der Waals surface area contributed by atoms with Crippen LogP contribution in [0.2, 0.25) is 0 Å². The molecule has 4 rings (SSSR count). The molecule has 6 nitrogen and oxygen atoms in total. The quantitative estimate of drug-likeness (QED) is 0.306. The number of furan rings is 1. The fourth-order valence-corrected chi connectivity index (χ4v) is 4.42. The number of Topliss-reactive ketones (excluding diaryl/α,β-unsaturated/α-hetero) is 1. The third-order valence-corrected chi connectivity index (χ3v) is 6.18. The van der Waals surface area contributed by atoms with E-state index in [-0.39, 0.29) is 11.3 Å². The number of ketones is 1. The minimum atomic E-state index is -0.697. The summed E-state index contributed by atoms with van der Waals surface area (Å²) in [4.78, 5) is 28.1. The third-order valence-electron chi connectivity index (χ3n) is 5.68. The van der Waals surface area contributed by atoms with Gasteiger partial charge in [-0.2, -0.15) is 0 Å². The van der Waals surface area contributed by atoms with Gasteiger partial charge in [-0.05, 0) is 48.4 Å². The van der Waals surface area contributed by atoms with Crippen molar-refractivity contribution in [3.05, 3.63) is 75.7 Å². The maximum atomic E-state index is 13.5. The molecule has 0 bridgehead atoms. The Morgan fingerprint density at radius 2 is 1.91 bits per heavy atom. The van der Waals surface area contributed by atoms with Crippen LogP contribution in [0.15, 0.2) is 68.8 Å². The van der Waals surface area contributed by atoms with Gasteiger partial charge in [-0.25, -0.2) is 0 Å². The van der Waals surface area contributed by atoms with E-state index < -0.39 is 23.5 Å². The Kier molecular flexibility index (Phi) is 6.37. The number of aliphatic hydroxyl groups excluding tert-OH is 1. The van der Waals surface area contributed by atoms with Gasteiger partial charge in [0, 0.05) is 16.4 Å². The molecule has 32 heavy (non-hydrogen) atoms. The summed E-state index contributed by atoms with van der Waals surface area (Å²) in [5.74, 6) is -0.805. The third kappa shape index (κ3) is 4.05. The van der Waals surface area contributed by atoms with Crippen molar-refractivity contribution in [2.45, 2.75) is 32.2 Å². The van der Waals surface area contributed by atoms with Crippen molar-refractivity contribution >= 4 is 38.6 Å². The Morgan fingerprint density at radius 3 is 2.59 bits per heavy atom. The van der Waals surface area contributed by atoms with Crippen LogP contribution in [0.1, 0.15) is 48.3 Å². The zero-order valence-electron chi connectivity index (χ0n) is 17.9. The van der Waals surface area contributed by atoms with Gasteiger partial charge in [0.2, 0.25) is 5.78 Å². The van der Waals surface area contributed by atoms with Crippen molar-refractivity contribution in [1.29, 1.82) is 0 Å². The zero-order valence-corrected chi connectivity index (χ0v) is 19.5. The zero-order chi connectivity index (χ0) is 22.8. The van der Waals surface area contributed by atoms with Crippen LogP contribution in [0.25, 0.3) is 11.0 Å². The first-order valence-electron chi connectivity index (χ1n) is 10.6. The normalized spacial score (nSPS) is 16.3. The van der Waals surface area contributed by atoms with Gasteiger partial charge in [-0.3, -0.25) is 9.59 Å². The van der Waals surface area contributed by atoms with Crippen molar-refractivity contribution < 1.29 is 23.8 Å². The molecule has 0 aliphatic carbocycles. The highest BCUT2D eigenvalue weighted by Gasteiger charge is 2.44. The van der Waals surface area contributed by atoms with Gasteiger partial charge in [-0.15, -0.1) is 0 Å². The first-order chi connectivity index (χ1) is 15.4. The molecule has 0 saturated carbocycles. The van der Waals surface area contributed by atoms with Crippen molar-refractivity contribution in [3.8, 4) is 5.75 Å². The molecule has 166 valence electrons. The Hall–Kier alpha value is -3.06. The highest BCUT2D eigenvalue weighted by molar-refractivity contribution is 9.10. The van der Waals surface area contributed by atoms with Gasteiger partial charge in [0.15, 0.2) is 11.5 Å². The van der Waals surface area contributed by atoms with Crippen molar-refractivity contribution in [3.63, 3.8) is 0 Å². The Balaban J connectivity index is 1.76. The summed E-state index contributed by atoms with van der Waals surface area (Å²) in [6.45, 7) is 2.52. The number of fused-ring (bicyclic) bond motifs is 1. The molecule has 1 aromatic heterocycles. The predicted molar refractivity (Wildman–Crippen MR) is 125 cm³/mol. The molecule has 1 aliphatic rings. The number of nitrogens with zero attached hydrogens (tertiary/aromatic N) is 1. The Bertz CT molecular complexity index is 1190. The van der Waals surface area contributed by atoms with Crippen LogP contribution < -0.4 is 4.74 Å². The minimum Gasteiger partial charge on any atom is -0.503 e. The first kappa shape index (κ1) is 22.1. The van der Waals surface area contributed by atoms with E-state index in [0.717, 1.165) is 34.7 Å². The van der Waals surface area contributed by atoms with Crippen LogP contribution in [0.5, 0.6) is 5.75 Å². The maximum Gasteiger partial charge on any atom is 0.290 e. The lowest BCUT2D eigenvalue weighted by atomic mass is 9.94. The van der Waals surface area contributed by atoms with E-state index >= 15 is 0 Å². The number of benzene rings is 2. The molecular weight excluding hydrogens is 474 g/mol. The number of hydrogen-bond donors (Lipinski definition) is 1. The van der Waals surface area contributed by atoms with Gasteiger partial charge >= 0.3 is 0 Å². The highest BCUT2D eigenvalue weighted by Crippen LogP contribution is 2.40. The molecule has 0 fully saturated rings. The molecule has 1 amide bonds. The van der Waals surface area contributed by atoms with Gasteiger partial charge in [0.1, 0.15) is 11.3 Å². The molecule has 2 heterocycles. The molecule has 0 saturated heterocycles. The van der Waals surface area contributed by atoms with Crippen molar-refractivity contribution in [2.24, 2.45) is 0 Å². The second kappa shape index (κ2) is 9.20. The van der Waals surface area contributed by atoms with Crippen molar-refractivity contribution in [1.82, 2.24) is 4.90 Å². The van der Waals surface area contributed by atoms with Crippen LogP contribution in [-0.2, 0) is 4.79 Å². The molecule has 3 aromatic rings. The monoisotopic (exact) mass is 497 g/mol. The number of aliphatic hydroxyl groups is 1. The minimum absolute atomic E-state index is 0.0368. The molecule has 2 aromatic carbocycles. The highest BCUT2D eigenvalue weighted by atomic mass is 79.9. The second-order valence-corrected chi connectivity index (χ2v) is 8.68. The predicted octanol–water partition coefficient (Wildman–Crippen LogP) is 5.97. The van der Waals surface area contributed by atoms with Crippen LogP contribution in [-0.4, -0.2) is 35.4 Å². The molecule has 1 unspecified atom stereocenters. The number of unbranched alkanes of at least 4 members (excludes halogenated alkanes) is 2. The fourth-order valence-electron chi connectivity index (χ4n) is 4.04. The van der Waals surface area contributed by atoms with Gasteiger partial charge in [0.25, 0.3) is 5.91 Å². The number of amides is 1. The van der Waals surface area contributed by atoms with Gasteiger partial charge in [0.05, 0.1) is 18.7 Å². The van der Waals surface area contributed by atoms with E-state index in [1.54, 1.807) is 36.3 Å². The van der Waals surface area contributed by atoms with E-state index in [2.05, 4.69) is 22.9 Å². The van der Waals surface area contributed by atoms with Crippen molar-refractivity contribution in [2.75, 3.05) is 13.7 Å². The lowest BCUT2D eigenvalue weighted by molar-refractivity contribution is -0.129. The number of hydrogen-bond acceptors (Lipinski definition) is 5. The van der Waals surface area contributed by atoms with E-state index in [1.807, 2.05) is 24.3 Å². The summed E-state index contributed by atoms with van der Waals surface area (Å²) >= 11 is 3.41. The Morgan fingerprint density at radius 1 is 1.16 bits per heavy atom. The lowest BCUT2D eigenvalue weighted by Gasteiger charge is -2.26. The molecule has 1 N–H and O–H groups in total. The topological polar surface area (TPSA) is 80.0 Å². The summed E-state index contributed by atoms with van der Waals surface area (Å²) in [7, 11) is 1.58. The lowest BCUT2D eigenvalue weighted by Crippen LogP contribution is -2.32. The van der Waals surface area contributed by atoms with Gasteiger partial charge in [-0.1, -0.05) is 47.8 Å². The summed E-state index contributed by atoms with van der Waals surface area (Å²) in [5, 5.41) is 11.5. The van der Waals surface area contributed by atoms with Crippen LogP contribution >= 0.6 is 15.9 Å². The molecule has 1 atom stereocenters. The smallest absolute Gasteiger partial charge is 0.290 e. The van der Waals surface area contributed by atoms with Crippen LogP contribution in [0.4, 0.5) is 0 Å². The second-order valence-electron chi connectivity index (χ2n) is 7.77. The molecule has 0 radical (unpaired) electrons. The number of rotatable bonds is 8. The summed E-state index contributed by atoms with van der Waals surface area (Å²) in [5.41, 5.74) is 1.32. The number of carbonyl (C=O) groups excluding carboxylic acids is 2. The van der Waals surface area contributed by atoms with Crippen LogP contribution in [0.3, 0.4) is 0 Å². The van der Waals surface area contributed by atoms with Crippen LogP contribution in [0, 0.1) is 0 Å². The van der Waals surface area contributed by atoms with Gasteiger partial charge < -0.3 is 19.2 Å². The van der Waals surface area contributed by atoms with E-state index in [0.29, 0.717) is 17.9 Å². The SMILES string of the molecule is CCCCCN1C(=O)C(O)=C(C(=O)c2cc3cc(Br)ccc3o2)C1c1ccc(OC)cc1. The number of ether oxygens (including phenoxy) is 1. The summed E-state index contributed by atoms with van der Waals surface area (Å²) in [6, 6.07) is 13.6. The summed E-state index contributed by atoms with van der Waals surface area (Å²) < 4.78 is 11.9. The fraction of sp³-hybridized carbons (Fsp3) is 0.280. The molecular formula is C25H24BrNO5.